The minimum absolute atomic E-state index is 0.0573. The van der Waals surface area contributed by atoms with Crippen LogP contribution >= 0.6 is 11.6 Å². The number of carbonyl (C=O) groups is 2. The van der Waals surface area contributed by atoms with Gasteiger partial charge in [-0.25, -0.2) is 4.98 Å². The fourth-order valence-electron chi connectivity index (χ4n) is 3.88. The molecule has 0 radical (unpaired) electrons. The summed E-state index contributed by atoms with van der Waals surface area (Å²) >= 11 is 6.21. The van der Waals surface area contributed by atoms with Gasteiger partial charge in [-0.15, -0.1) is 0 Å². The number of carbonyl (C=O) groups excluding carboxylic acids is 2. The quantitative estimate of drug-likeness (QED) is 0.663. The first-order valence-corrected chi connectivity index (χ1v) is 10.1. The second kappa shape index (κ2) is 8.25. The standard InChI is InChI=1S/C22H23ClN4O2/c1-16(28)25-9-11-26(12-10-25)22(29)13-19(17-5-3-2-4-6-17)20-14-24-21-8-7-18(23)15-27(20)21/h2-8,14-15,19H,9-13H2,1H3. The van der Waals surface area contributed by atoms with Crippen LogP contribution in [0.15, 0.2) is 54.9 Å². The summed E-state index contributed by atoms with van der Waals surface area (Å²) in [6.45, 7) is 3.88. The molecule has 2 aromatic heterocycles. The van der Waals surface area contributed by atoms with Crippen LogP contribution in [0.2, 0.25) is 5.02 Å². The number of pyridine rings is 1. The van der Waals surface area contributed by atoms with Gasteiger partial charge >= 0.3 is 0 Å². The number of amides is 2. The molecule has 1 aliphatic rings. The second-order valence-electron chi connectivity index (χ2n) is 7.31. The van der Waals surface area contributed by atoms with Crippen LogP contribution in [0.25, 0.3) is 5.65 Å². The van der Waals surface area contributed by atoms with Gasteiger partial charge in [-0.2, -0.15) is 0 Å². The van der Waals surface area contributed by atoms with Crippen molar-refractivity contribution in [1.82, 2.24) is 19.2 Å². The number of hydrogen-bond donors (Lipinski definition) is 0. The first-order chi connectivity index (χ1) is 14.0. The van der Waals surface area contributed by atoms with Crippen molar-refractivity contribution in [3.05, 3.63) is 71.1 Å². The average molecular weight is 411 g/mol. The zero-order valence-electron chi connectivity index (χ0n) is 16.3. The van der Waals surface area contributed by atoms with Gasteiger partial charge in [0.2, 0.25) is 11.8 Å². The number of halogens is 1. The number of hydrogen-bond acceptors (Lipinski definition) is 3. The molecule has 0 aliphatic carbocycles. The smallest absolute Gasteiger partial charge is 0.223 e. The van der Waals surface area contributed by atoms with E-state index in [1.54, 1.807) is 11.8 Å². The first-order valence-electron chi connectivity index (χ1n) is 9.73. The molecule has 1 saturated heterocycles. The van der Waals surface area contributed by atoms with Crippen molar-refractivity contribution in [3.8, 4) is 0 Å². The van der Waals surface area contributed by atoms with Crippen molar-refractivity contribution >= 4 is 29.1 Å². The monoisotopic (exact) mass is 410 g/mol. The Labute approximate surface area is 174 Å². The van der Waals surface area contributed by atoms with Crippen molar-refractivity contribution in [1.29, 1.82) is 0 Å². The van der Waals surface area contributed by atoms with Crippen molar-refractivity contribution < 1.29 is 9.59 Å². The first kappa shape index (κ1) is 19.5. The molecule has 0 saturated carbocycles. The highest BCUT2D eigenvalue weighted by Gasteiger charge is 2.27. The van der Waals surface area contributed by atoms with Gasteiger partial charge < -0.3 is 14.2 Å². The van der Waals surface area contributed by atoms with E-state index in [1.807, 2.05) is 64.2 Å². The number of imidazole rings is 1. The zero-order chi connectivity index (χ0) is 20.4. The van der Waals surface area contributed by atoms with Gasteiger partial charge in [0.05, 0.1) is 10.7 Å². The summed E-state index contributed by atoms with van der Waals surface area (Å²) in [5.74, 6) is 0.00362. The molecular formula is C22H23ClN4O2. The summed E-state index contributed by atoms with van der Waals surface area (Å²) in [6, 6.07) is 13.7. The molecule has 1 unspecified atom stereocenters. The van der Waals surface area contributed by atoms with Gasteiger partial charge in [-0.05, 0) is 17.7 Å². The van der Waals surface area contributed by atoms with Gasteiger partial charge in [0.25, 0.3) is 0 Å². The summed E-state index contributed by atoms with van der Waals surface area (Å²) in [5.41, 5.74) is 2.79. The molecule has 4 rings (SSSR count). The van der Waals surface area contributed by atoms with E-state index < -0.39 is 0 Å². The van der Waals surface area contributed by atoms with Gasteiger partial charge in [-0.3, -0.25) is 9.59 Å². The average Bonchev–Trinajstić information content (AvgIpc) is 3.15. The molecule has 1 atom stereocenters. The number of nitrogens with zero attached hydrogens (tertiary/aromatic N) is 4. The minimum Gasteiger partial charge on any atom is -0.339 e. The van der Waals surface area contributed by atoms with E-state index in [9.17, 15) is 9.59 Å². The van der Waals surface area contributed by atoms with E-state index >= 15 is 0 Å². The third-order valence-corrected chi connectivity index (χ3v) is 5.74. The summed E-state index contributed by atoms with van der Waals surface area (Å²) < 4.78 is 1.96. The van der Waals surface area contributed by atoms with Crippen LogP contribution in [0.3, 0.4) is 0 Å². The van der Waals surface area contributed by atoms with E-state index in [4.69, 9.17) is 11.6 Å². The van der Waals surface area contributed by atoms with Crippen LogP contribution < -0.4 is 0 Å². The molecule has 6 nitrogen and oxygen atoms in total. The molecule has 7 heteroatoms. The maximum absolute atomic E-state index is 13.1. The predicted octanol–water partition coefficient (Wildman–Crippen LogP) is 3.20. The van der Waals surface area contributed by atoms with Gasteiger partial charge in [0.1, 0.15) is 5.65 Å². The minimum atomic E-state index is -0.136. The SMILES string of the molecule is CC(=O)N1CCN(C(=O)CC(c2ccccc2)c2cnc3ccc(Cl)cn23)CC1. The second-order valence-corrected chi connectivity index (χ2v) is 7.75. The van der Waals surface area contributed by atoms with Crippen LogP contribution in [0.1, 0.15) is 30.5 Å². The topological polar surface area (TPSA) is 57.9 Å². The predicted molar refractivity (Wildman–Crippen MR) is 112 cm³/mol. The van der Waals surface area contributed by atoms with E-state index in [0.29, 0.717) is 37.6 Å². The van der Waals surface area contributed by atoms with Crippen LogP contribution in [-0.4, -0.2) is 57.2 Å². The molecule has 0 N–H and O–H groups in total. The highest BCUT2D eigenvalue weighted by atomic mass is 35.5. The van der Waals surface area contributed by atoms with E-state index in [-0.39, 0.29) is 17.7 Å². The van der Waals surface area contributed by atoms with Crippen molar-refractivity contribution in [2.24, 2.45) is 0 Å². The Bertz CT molecular complexity index is 1030. The van der Waals surface area contributed by atoms with Crippen molar-refractivity contribution in [2.45, 2.75) is 19.3 Å². The molecule has 1 fully saturated rings. The summed E-state index contributed by atoms with van der Waals surface area (Å²) in [5, 5.41) is 0.621. The fourth-order valence-corrected chi connectivity index (χ4v) is 4.04. The Morgan fingerprint density at radius 3 is 2.41 bits per heavy atom. The summed E-state index contributed by atoms with van der Waals surface area (Å²) in [6.07, 6.45) is 4.00. The molecule has 3 heterocycles. The normalized spacial score (nSPS) is 15.5. The van der Waals surface area contributed by atoms with Crippen molar-refractivity contribution in [2.75, 3.05) is 26.2 Å². The Kier molecular flexibility index (Phi) is 5.53. The highest BCUT2D eigenvalue weighted by Crippen LogP contribution is 2.30. The molecule has 0 spiro atoms. The number of piperazine rings is 1. The van der Waals surface area contributed by atoms with E-state index in [2.05, 4.69) is 4.98 Å². The fraction of sp³-hybridized carbons (Fsp3) is 0.318. The number of benzene rings is 1. The number of rotatable bonds is 4. The molecular weight excluding hydrogens is 388 g/mol. The van der Waals surface area contributed by atoms with Gasteiger partial charge in [-0.1, -0.05) is 41.9 Å². The molecule has 0 bridgehead atoms. The lowest BCUT2D eigenvalue weighted by molar-refractivity contribution is -0.138. The molecule has 3 aromatic rings. The lowest BCUT2D eigenvalue weighted by Gasteiger charge is -2.35. The van der Waals surface area contributed by atoms with Crippen LogP contribution in [-0.2, 0) is 9.59 Å². The number of aromatic nitrogens is 2. The summed E-state index contributed by atoms with van der Waals surface area (Å²) in [4.78, 5) is 32.8. The van der Waals surface area contributed by atoms with Crippen molar-refractivity contribution in [3.63, 3.8) is 0 Å². The van der Waals surface area contributed by atoms with Gasteiger partial charge in [0.15, 0.2) is 0 Å². The molecule has 150 valence electrons. The summed E-state index contributed by atoms with van der Waals surface area (Å²) in [7, 11) is 0. The van der Waals surface area contributed by atoms with E-state index in [0.717, 1.165) is 16.9 Å². The maximum atomic E-state index is 13.1. The van der Waals surface area contributed by atoms with E-state index in [1.165, 1.54) is 0 Å². The lowest BCUT2D eigenvalue weighted by atomic mass is 9.92. The Morgan fingerprint density at radius 2 is 1.72 bits per heavy atom. The van der Waals surface area contributed by atoms with Gasteiger partial charge in [0, 0.05) is 57.8 Å². The van der Waals surface area contributed by atoms with Crippen LogP contribution in [0.4, 0.5) is 0 Å². The Hall–Kier alpha value is -2.86. The number of fused-ring (bicyclic) bond motifs is 1. The highest BCUT2D eigenvalue weighted by molar-refractivity contribution is 6.30. The van der Waals surface area contributed by atoms with Crippen LogP contribution in [0.5, 0.6) is 0 Å². The molecule has 2 amide bonds. The Balaban J connectivity index is 1.61. The largest absolute Gasteiger partial charge is 0.339 e. The molecule has 1 aliphatic heterocycles. The maximum Gasteiger partial charge on any atom is 0.223 e. The third-order valence-electron chi connectivity index (χ3n) is 5.51. The zero-order valence-corrected chi connectivity index (χ0v) is 17.0. The Morgan fingerprint density at radius 1 is 1.03 bits per heavy atom. The molecule has 1 aromatic carbocycles. The molecule has 29 heavy (non-hydrogen) atoms. The third kappa shape index (κ3) is 4.12. The van der Waals surface area contributed by atoms with Crippen LogP contribution in [0, 0.1) is 0 Å². The lowest BCUT2D eigenvalue weighted by Crippen LogP contribution is -2.50.